The topological polar surface area (TPSA) is 46.5 Å². The van der Waals surface area contributed by atoms with E-state index in [2.05, 4.69) is 13.8 Å². The number of carbonyl (C=O) groups is 1. The van der Waals surface area contributed by atoms with E-state index in [9.17, 15) is 9.90 Å². The van der Waals surface area contributed by atoms with Crippen molar-refractivity contribution in [2.45, 2.75) is 65.9 Å². The lowest BCUT2D eigenvalue weighted by Gasteiger charge is -2.18. The number of aryl methyl sites for hydroxylation is 1. The molecule has 0 heterocycles. The van der Waals surface area contributed by atoms with E-state index >= 15 is 0 Å². The molecule has 0 aromatic heterocycles. The molecule has 1 atom stereocenters. The Hall–Kier alpha value is -1.51. The molecule has 112 valence electrons. The normalized spacial score (nSPS) is 12.8. The quantitative estimate of drug-likeness (QED) is 0.818. The molecular weight excluding hydrogens is 252 g/mol. The molecule has 0 spiro atoms. The Morgan fingerprint density at radius 2 is 1.80 bits per heavy atom. The zero-order valence-electron chi connectivity index (χ0n) is 13.4. The molecule has 0 bridgehead atoms. The van der Waals surface area contributed by atoms with Crippen molar-refractivity contribution >= 4 is 5.97 Å². The van der Waals surface area contributed by atoms with Crippen LogP contribution in [-0.2, 0) is 9.53 Å². The van der Waals surface area contributed by atoms with E-state index < -0.39 is 0 Å². The molecule has 0 amide bonds. The Kier molecular flexibility index (Phi) is 5.61. The summed E-state index contributed by atoms with van der Waals surface area (Å²) in [6, 6.07) is 3.95. The van der Waals surface area contributed by atoms with Gasteiger partial charge in [-0.05, 0) is 49.3 Å². The number of rotatable bonds is 5. The van der Waals surface area contributed by atoms with Crippen LogP contribution in [0, 0.1) is 6.92 Å². The molecule has 0 aliphatic carbocycles. The first-order valence-corrected chi connectivity index (χ1v) is 7.25. The Labute approximate surface area is 122 Å². The lowest BCUT2D eigenvalue weighted by atomic mass is 9.90. The van der Waals surface area contributed by atoms with E-state index in [1.165, 1.54) is 0 Å². The third-order valence-electron chi connectivity index (χ3n) is 3.38. The van der Waals surface area contributed by atoms with Crippen LogP contribution < -0.4 is 0 Å². The zero-order chi connectivity index (χ0) is 15.4. The molecular formula is C17H26O3. The van der Waals surface area contributed by atoms with E-state index in [1.54, 1.807) is 0 Å². The largest absolute Gasteiger partial charge is 0.507 e. The predicted molar refractivity (Wildman–Crippen MR) is 81.2 cm³/mol. The van der Waals surface area contributed by atoms with Crippen LogP contribution in [0.3, 0.4) is 0 Å². The molecule has 0 fully saturated rings. The second-order valence-electron chi connectivity index (χ2n) is 6.07. The molecule has 1 N–H and O–H groups in total. The van der Waals surface area contributed by atoms with Crippen LogP contribution in [0.25, 0.3) is 0 Å². The van der Waals surface area contributed by atoms with Crippen molar-refractivity contribution in [2.24, 2.45) is 0 Å². The van der Waals surface area contributed by atoms with Crippen molar-refractivity contribution in [3.63, 3.8) is 0 Å². The van der Waals surface area contributed by atoms with Gasteiger partial charge < -0.3 is 9.84 Å². The van der Waals surface area contributed by atoms with Gasteiger partial charge in [0.15, 0.2) is 0 Å². The fourth-order valence-corrected chi connectivity index (χ4v) is 2.24. The van der Waals surface area contributed by atoms with Crippen LogP contribution in [0.1, 0.15) is 69.6 Å². The number of carbonyl (C=O) groups excluding carboxylic acids is 1. The standard InChI is InChI=1S/C17H26O3/c1-10(2)15-9-14(7-13(6)17(15)19)12(5)8-16(18)20-11(3)4/h7,9-12,19H,8H2,1-6H3. The Morgan fingerprint density at radius 1 is 1.20 bits per heavy atom. The van der Waals surface area contributed by atoms with Gasteiger partial charge in [-0.25, -0.2) is 0 Å². The number of aromatic hydroxyl groups is 1. The summed E-state index contributed by atoms with van der Waals surface area (Å²) < 4.78 is 5.19. The van der Waals surface area contributed by atoms with E-state index in [1.807, 2.05) is 39.8 Å². The minimum absolute atomic E-state index is 0.0810. The molecule has 20 heavy (non-hydrogen) atoms. The van der Waals surface area contributed by atoms with Crippen LogP contribution in [0.15, 0.2) is 12.1 Å². The van der Waals surface area contributed by atoms with Crippen molar-refractivity contribution in [3.8, 4) is 5.75 Å². The second kappa shape index (κ2) is 6.78. The maximum Gasteiger partial charge on any atom is 0.306 e. The fourth-order valence-electron chi connectivity index (χ4n) is 2.24. The minimum Gasteiger partial charge on any atom is -0.507 e. The maximum atomic E-state index is 11.7. The second-order valence-corrected chi connectivity index (χ2v) is 6.07. The van der Waals surface area contributed by atoms with E-state index in [4.69, 9.17) is 4.74 Å². The Morgan fingerprint density at radius 3 is 2.30 bits per heavy atom. The molecule has 0 aliphatic rings. The molecule has 1 aromatic rings. The van der Waals surface area contributed by atoms with Gasteiger partial charge in [0.25, 0.3) is 0 Å². The highest BCUT2D eigenvalue weighted by atomic mass is 16.5. The van der Waals surface area contributed by atoms with Crippen LogP contribution in [0.2, 0.25) is 0 Å². The highest BCUT2D eigenvalue weighted by molar-refractivity contribution is 5.70. The Balaban J connectivity index is 2.93. The molecule has 0 aliphatic heterocycles. The average molecular weight is 278 g/mol. The van der Waals surface area contributed by atoms with Crippen molar-refractivity contribution < 1.29 is 14.6 Å². The number of esters is 1. The summed E-state index contributed by atoms with van der Waals surface area (Å²) in [5.74, 6) is 0.520. The monoisotopic (exact) mass is 278 g/mol. The van der Waals surface area contributed by atoms with Crippen molar-refractivity contribution in [2.75, 3.05) is 0 Å². The van der Waals surface area contributed by atoms with Crippen LogP contribution in [0.4, 0.5) is 0 Å². The Bertz CT molecular complexity index is 475. The summed E-state index contributed by atoms with van der Waals surface area (Å²) in [7, 11) is 0. The summed E-state index contributed by atoms with van der Waals surface area (Å²) in [6.07, 6.45) is 0.280. The molecule has 1 unspecified atom stereocenters. The third kappa shape index (κ3) is 4.26. The molecule has 0 saturated heterocycles. The molecule has 0 radical (unpaired) electrons. The van der Waals surface area contributed by atoms with Gasteiger partial charge in [-0.15, -0.1) is 0 Å². The number of phenols is 1. The number of benzene rings is 1. The fraction of sp³-hybridized carbons (Fsp3) is 0.588. The smallest absolute Gasteiger partial charge is 0.306 e. The number of hydrogen-bond donors (Lipinski definition) is 1. The van der Waals surface area contributed by atoms with Gasteiger partial charge in [0.2, 0.25) is 0 Å². The lowest BCUT2D eigenvalue weighted by molar-refractivity contribution is -0.147. The first-order chi connectivity index (χ1) is 9.22. The third-order valence-corrected chi connectivity index (χ3v) is 3.38. The van der Waals surface area contributed by atoms with Gasteiger partial charge in [-0.1, -0.05) is 32.9 Å². The number of hydrogen-bond acceptors (Lipinski definition) is 3. The van der Waals surface area contributed by atoms with Crippen molar-refractivity contribution in [3.05, 3.63) is 28.8 Å². The molecule has 1 rings (SSSR count). The molecule has 3 nitrogen and oxygen atoms in total. The SMILES string of the molecule is Cc1cc(C(C)CC(=O)OC(C)C)cc(C(C)C)c1O. The summed E-state index contributed by atoms with van der Waals surface area (Å²) in [4.78, 5) is 11.7. The summed E-state index contributed by atoms with van der Waals surface area (Å²) in [5.41, 5.74) is 2.86. The molecule has 1 aromatic carbocycles. The summed E-state index contributed by atoms with van der Waals surface area (Å²) in [6.45, 7) is 11.7. The lowest BCUT2D eigenvalue weighted by Crippen LogP contribution is -2.14. The van der Waals surface area contributed by atoms with Gasteiger partial charge in [0, 0.05) is 0 Å². The van der Waals surface area contributed by atoms with Crippen LogP contribution in [-0.4, -0.2) is 17.2 Å². The van der Waals surface area contributed by atoms with Gasteiger partial charge in [-0.3, -0.25) is 4.79 Å². The van der Waals surface area contributed by atoms with Gasteiger partial charge in [0.1, 0.15) is 5.75 Å². The zero-order valence-corrected chi connectivity index (χ0v) is 13.4. The van der Waals surface area contributed by atoms with E-state index in [-0.39, 0.29) is 23.9 Å². The first-order valence-electron chi connectivity index (χ1n) is 7.25. The van der Waals surface area contributed by atoms with Gasteiger partial charge >= 0.3 is 5.97 Å². The molecule has 0 saturated carbocycles. The van der Waals surface area contributed by atoms with Gasteiger partial charge in [-0.2, -0.15) is 0 Å². The summed E-state index contributed by atoms with van der Waals surface area (Å²) in [5, 5.41) is 10.1. The maximum absolute atomic E-state index is 11.7. The number of ether oxygens (including phenoxy) is 1. The van der Waals surface area contributed by atoms with Gasteiger partial charge in [0.05, 0.1) is 12.5 Å². The van der Waals surface area contributed by atoms with Crippen LogP contribution >= 0.6 is 0 Å². The predicted octanol–water partition coefficient (Wildman–Crippen LogP) is 4.27. The minimum atomic E-state index is -0.177. The first kappa shape index (κ1) is 16.5. The van der Waals surface area contributed by atoms with Crippen molar-refractivity contribution in [1.29, 1.82) is 0 Å². The summed E-state index contributed by atoms with van der Waals surface area (Å²) >= 11 is 0. The highest BCUT2D eigenvalue weighted by Crippen LogP contribution is 2.33. The van der Waals surface area contributed by atoms with Crippen LogP contribution in [0.5, 0.6) is 5.75 Å². The molecule has 3 heteroatoms. The number of phenolic OH excluding ortho intramolecular Hbond substituents is 1. The highest BCUT2D eigenvalue weighted by Gasteiger charge is 2.17. The van der Waals surface area contributed by atoms with Crippen molar-refractivity contribution in [1.82, 2.24) is 0 Å². The average Bonchev–Trinajstić information content (AvgIpc) is 2.30. The van der Waals surface area contributed by atoms with E-state index in [0.29, 0.717) is 12.2 Å². The van der Waals surface area contributed by atoms with E-state index in [0.717, 1.165) is 16.7 Å².